The highest BCUT2D eigenvalue weighted by Crippen LogP contribution is 2.32. The van der Waals surface area contributed by atoms with Crippen LogP contribution < -0.4 is 10.6 Å². The van der Waals surface area contributed by atoms with Crippen molar-refractivity contribution in [3.05, 3.63) is 45.9 Å². The van der Waals surface area contributed by atoms with Gasteiger partial charge in [-0.15, -0.1) is 0 Å². The summed E-state index contributed by atoms with van der Waals surface area (Å²) in [4.78, 5) is 17.2. The van der Waals surface area contributed by atoms with E-state index in [1.807, 2.05) is 0 Å². The molecule has 0 aliphatic carbocycles. The number of aromatic nitrogens is 2. The minimum atomic E-state index is -4.78. The average molecular weight is 375 g/mol. The van der Waals surface area contributed by atoms with Crippen LogP contribution in [0.1, 0.15) is 12.1 Å². The van der Waals surface area contributed by atoms with Gasteiger partial charge < -0.3 is 15.7 Å². The summed E-state index contributed by atoms with van der Waals surface area (Å²) >= 11 is 0. The Balaban J connectivity index is 2.39. The molecule has 0 spiro atoms. The third-order valence-corrected chi connectivity index (χ3v) is 3.05. The van der Waals surface area contributed by atoms with Crippen LogP contribution in [0.15, 0.2) is 24.3 Å². The SMILES string of the molecule is O=[N+]([O-])c1cc(F)ccc1Nc1cc(C(F)(F)F)nc(NCCCO)n1. The fourth-order valence-electron chi connectivity index (χ4n) is 1.91. The van der Waals surface area contributed by atoms with Crippen molar-refractivity contribution < 1.29 is 27.6 Å². The highest BCUT2D eigenvalue weighted by Gasteiger charge is 2.34. The second-order valence-electron chi connectivity index (χ2n) is 5.01. The van der Waals surface area contributed by atoms with E-state index in [1.165, 1.54) is 0 Å². The van der Waals surface area contributed by atoms with E-state index >= 15 is 0 Å². The maximum absolute atomic E-state index is 13.2. The van der Waals surface area contributed by atoms with Crippen LogP contribution in [-0.4, -0.2) is 33.1 Å². The van der Waals surface area contributed by atoms with Crippen molar-refractivity contribution in [1.29, 1.82) is 0 Å². The summed E-state index contributed by atoms with van der Waals surface area (Å²) in [5.74, 6) is -1.61. The monoisotopic (exact) mass is 375 g/mol. The summed E-state index contributed by atoms with van der Waals surface area (Å²) < 4.78 is 52.1. The quantitative estimate of drug-likeness (QED) is 0.295. The number of halogens is 4. The lowest BCUT2D eigenvalue weighted by Gasteiger charge is -2.13. The lowest BCUT2D eigenvalue weighted by Crippen LogP contribution is -2.14. The fraction of sp³-hybridized carbons (Fsp3) is 0.286. The lowest BCUT2D eigenvalue weighted by molar-refractivity contribution is -0.384. The van der Waals surface area contributed by atoms with Gasteiger partial charge in [0.25, 0.3) is 5.69 Å². The van der Waals surface area contributed by atoms with Crippen molar-refractivity contribution in [3.63, 3.8) is 0 Å². The molecule has 0 saturated carbocycles. The third kappa shape index (κ3) is 4.99. The van der Waals surface area contributed by atoms with Crippen LogP contribution in [0.3, 0.4) is 0 Å². The molecule has 140 valence electrons. The molecular weight excluding hydrogens is 362 g/mol. The first-order chi connectivity index (χ1) is 12.2. The van der Waals surface area contributed by atoms with Crippen molar-refractivity contribution in [1.82, 2.24) is 9.97 Å². The Morgan fingerprint density at radius 2 is 1.96 bits per heavy atom. The number of nitro groups is 1. The van der Waals surface area contributed by atoms with Gasteiger partial charge in [0, 0.05) is 19.2 Å². The molecule has 2 aromatic rings. The first kappa shape index (κ1) is 19.3. The van der Waals surface area contributed by atoms with E-state index in [4.69, 9.17) is 5.11 Å². The molecular formula is C14H13F4N5O3. The van der Waals surface area contributed by atoms with Crippen LogP contribution in [0.2, 0.25) is 0 Å². The van der Waals surface area contributed by atoms with E-state index in [0.29, 0.717) is 12.1 Å². The molecule has 0 fully saturated rings. The first-order valence-corrected chi connectivity index (χ1v) is 7.22. The van der Waals surface area contributed by atoms with Crippen molar-refractivity contribution in [2.75, 3.05) is 23.8 Å². The van der Waals surface area contributed by atoms with Gasteiger partial charge in [0.15, 0.2) is 5.69 Å². The number of anilines is 3. The van der Waals surface area contributed by atoms with Gasteiger partial charge in [-0.2, -0.15) is 18.2 Å². The molecule has 1 aromatic carbocycles. The first-order valence-electron chi connectivity index (χ1n) is 7.22. The number of aliphatic hydroxyl groups is 1. The summed E-state index contributed by atoms with van der Waals surface area (Å²) in [6.07, 6.45) is -4.52. The molecule has 1 aromatic heterocycles. The standard InChI is InChI=1S/C14H13F4N5O3/c15-8-2-3-9(10(6-8)23(25)26)20-12-7-11(14(16,17)18)21-13(22-12)19-4-1-5-24/h2-3,6-7,24H,1,4-5H2,(H2,19,20,21,22). The Labute approximate surface area is 144 Å². The van der Waals surface area contributed by atoms with E-state index in [-0.39, 0.29) is 37.0 Å². The number of nitrogens with one attached hydrogen (secondary N) is 2. The zero-order valence-electron chi connectivity index (χ0n) is 13.0. The van der Waals surface area contributed by atoms with Crippen LogP contribution in [0.4, 0.5) is 40.7 Å². The molecule has 0 unspecified atom stereocenters. The highest BCUT2D eigenvalue weighted by molar-refractivity contribution is 5.68. The highest BCUT2D eigenvalue weighted by atomic mass is 19.4. The molecule has 0 radical (unpaired) electrons. The smallest absolute Gasteiger partial charge is 0.396 e. The Hall–Kier alpha value is -3.02. The molecule has 2 rings (SSSR count). The molecule has 12 heteroatoms. The summed E-state index contributed by atoms with van der Waals surface area (Å²) in [7, 11) is 0. The number of alkyl halides is 3. The topological polar surface area (TPSA) is 113 Å². The summed E-state index contributed by atoms with van der Waals surface area (Å²) in [5.41, 5.74) is -2.16. The predicted molar refractivity (Wildman–Crippen MR) is 83.6 cm³/mol. The molecule has 8 nitrogen and oxygen atoms in total. The largest absolute Gasteiger partial charge is 0.433 e. The van der Waals surface area contributed by atoms with Gasteiger partial charge in [-0.25, -0.2) is 9.37 Å². The average Bonchev–Trinajstić information content (AvgIpc) is 2.55. The number of aliphatic hydroxyl groups excluding tert-OH is 1. The Bertz CT molecular complexity index is 801. The maximum Gasteiger partial charge on any atom is 0.433 e. The van der Waals surface area contributed by atoms with Crippen molar-refractivity contribution in [3.8, 4) is 0 Å². The molecule has 1 heterocycles. The number of rotatable bonds is 7. The van der Waals surface area contributed by atoms with Gasteiger partial charge in [-0.3, -0.25) is 10.1 Å². The number of hydrogen-bond donors (Lipinski definition) is 3. The van der Waals surface area contributed by atoms with Crippen LogP contribution in [-0.2, 0) is 6.18 Å². The van der Waals surface area contributed by atoms with Gasteiger partial charge in [0.2, 0.25) is 5.95 Å². The van der Waals surface area contributed by atoms with E-state index in [9.17, 15) is 27.7 Å². The van der Waals surface area contributed by atoms with Crippen LogP contribution in [0.25, 0.3) is 0 Å². The number of hydrogen-bond acceptors (Lipinski definition) is 7. The molecule has 3 N–H and O–H groups in total. The van der Waals surface area contributed by atoms with Gasteiger partial charge in [0.1, 0.15) is 17.3 Å². The van der Waals surface area contributed by atoms with Gasteiger partial charge in [0.05, 0.1) is 11.0 Å². The summed E-state index contributed by atoms with van der Waals surface area (Å²) in [6, 6.07) is 3.14. The fourth-order valence-corrected chi connectivity index (χ4v) is 1.91. The minimum Gasteiger partial charge on any atom is -0.396 e. The maximum atomic E-state index is 13.2. The molecule has 0 bridgehead atoms. The zero-order valence-corrected chi connectivity index (χ0v) is 13.0. The number of nitro benzene ring substituents is 1. The van der Waals surface area contributed by atoms with E-state index in [1.54, 1.807) is 0 Å². The number of benzene rings is 1. The van der Waals surface area contributed by atoms with Gasteiger partial charge in [-0.1, -0.05) is 0 Å². The van der Waals surface area contributed by atoms with Crippen molar-refractivity contribution in [2.45, 2.75) is 12.6 Å². The zero-order chi connectivity index (χ0) is 19.3. The van der Waals surface area contributed by atoms with Crippen LogP contribution in [0, 0.1) is 15.9 Å². The Kier molecular flexibility index (Phi) is 5.87. The van der Waals surface area contributed by atoms with Crippen molar-refractivity contribution >= 4 is 23.1 Å². The minimum absolute atomic E-state index is 0.119. The van der Waals surface area contributed by atoms with E-state index in [0.717, 1.165) is 12.1 Å². The van der Waals surface area contributed by atoms with Crippen molar-refractivity contribution in [2.24, 2.45) is 0 Å². The second kappa shape index (κ2) is 7.91. The third-order valence-electron chi connectivity index (χ3n) is 3.05. The molecule has 26 heavy (non-hydrogen) atoms. The Morgan fingerprint density at radius 3 is 2.58 bits per heavy atom. The van der Waals surface area contributed by atoms with Gasteiger partial charge in [-0.05, 0) is 18.6 Å². The molecule has 0 saturated heterocycles. The molecule has 0 aliphatic rings. The normalized spacial score (nSPS) is 11.3. The summed E-state index contributed by atoms with van der Waals surface area (Å²) in [5, 5.41) is 24.6. The summed E-state index contributed by atoms with van der Waals surface area (Å²) in [6.45, 7) is -0.0627. The van der Waals surface area contributed by atoms with E-state index < -0.39 is 28.3 Å². The molecule has 0 atom stereocenters. The lowest BCUT2D eigenvalue weighted by atomic mass is 10.2. The van der Waals surface area contributed by atoms with E-state index in [2.05, 4.69) is 20.6 Å². The second-order valence-corrected chi connectivity index (χ2v) is 5.01. The Morgan fingerprint density at radius 1 is 1.23 bits per heavy atom. The number of nitrogens with zero attached hydrogens (tertiary/aromatic N) is 3. The van der Waals surface area contributed by atoms with Crippen LogP contribution in [0.5, 0.6) is 0 Å². The molecule has 0 amide bonds. The molecule has 0 aliphatic heterocycles. The van der Waals surface area contributed by atoms with Crippen LogP contribution >= 0.6 is 0 Å². The predicted octanol–water partition coefficient (Wildman–Crippen LogP) is 3.08. The van der Waals surface area contributed by atoms with Gasteiger partial charge >= 0.3 is 6.18 Å².